The smallest absolute Gasteiger partial charge is 0.140 e. The van der Waals surface area contributed by atoms with E-state index in [2.05, 4.69) is 16.9 Å². The van der Waals surface area contributed by atoms with Crippen LogP contribution in [0.3, 0.4) is 0 Å². The van der Waals surface area contributed by atoms with E-state index in [9.17, 15) is 0 Å². The van der Waals surface area contributed by atoms with Crippen molar-refractivity contribution in [2.45, 2.75) is 44.3 Å². The molecule has 3 nitrogen and oxygen atoms in total. The molecule has 0 aliphatic heterocycles. The van der Waals surface area contributed by atoms with Gasteiger partial charge in [-0.15, -0.1) is 0 Å². The molecule has 0 radical (unpaired) electrons. The molecule has 1 fully saturated rings. The predicted octanol–water partition coefficient (Wildman–Crippen LogP) is 2.97. The summed E-state index contributed by atoms with van der Waals surface area (Å²) >= 11 is 1.84. The lowest BCUT2D eigenvalue weighted by molar-refractivity contribution is 0.689. The molecule has 0 atom stereocenters. The fraction of sp³-hybridized carbons (Fsp3) is 0.667. The van der Waals surface area contributed by atoms with Gasteiger partial charge in [-0.25, -0.2) is 9.97 Å². The van der Waals surface area contributed by atoms with E-state index < -0.39 is 0 Å². The zero-order valence-electron chi connectivity index (χ0n) is 9.78. The van der Waals surface area contributed by atoms with Gasteiger partial charge in [0.25, 0.3) is 0 Å². The molecule has 1 aromatic heterocycles. The number of anilines is 1. The standard InChI is InChI=1S/C12H19N3S/c1-2-16-8-12-14-10(7-11(13)15-12)9-5-3-4-6-9/h7,9H,2-6,8H2,1H3,(H2,13,14,15). The van der Waals surface area contributed by atoms with Gasteiger partial charge in [0, 0.05) is 17.7 Å². The summed E-state index contributed by atoms with van der Waals surface area (Å²) in [5, 5.41) is 0. The zero-order valence-corrected chi connectivity index (χ0v) is 10.6. The third-order valence-electron chi connectivity index (χ3n) is 3.02. The first-order valence-electron chi connectivity index (χ1n) is 6.00. The molecular weight excluding hydrogens is 218 g/mol. The van der Waals surface area contributed by atoms with Crippen molar-refractivity contribution in [3.63, 3.8) is 0 Å². The van der Waals surface area contributed by atoms with Gasteiger partial charge < -0.3 is 5.73 Å². The van der Waals surface area contributed by atoms with Crippen molar-refractivity contribution in [1.29, 1.82) is 0 Å². The Bertz CT molecular complexity index is 348. The minimum absolute atomic E-state index is 0.621. The van der Waals surface area contributed by atoms with Crippen LogP contribution >= 0.6 is 11.8 Å². The van der Waals surface area contributed by atoms with Gasteiger partial charge >= 0.3 is 0 Å². The topological polar surface area (TPSA) is 51.8 Å². The summed E-state index contributed by atoms with van der Waals surface area (Å²) in [7, 11) is 0. The summed E-state index contributed by atoms with van der Waals surface area (Å²) in [4.78, 5) is 8.93. The Morgan fingerprint density at radius 2 is 2.12 bits per heavy atom. The molecule has 1 heterocycles. The van der Waals surface area contributed by atoms with Crippen molar-refractivity contribution in [2.75, 3.05) is 11.5 Å². The lowest BCUT2D eigenvalue weighted by Crippen LogP contribution is -2.05. The lowest BCUT2D eigenvalue weighted by Gasteiger charge is -2.10. The van der Waals surface area contributed by atoms with Crippen LogP contribution in [-0.2, 0) is 5.75 Å². The molecule has 2 rings (SSSR count). The van der Waals surface area contributed by atoms with Crippen molar-refractivity contribution in [3.05, 3.63) is 17.6 Å². The second-order valence-electron chi connectivity index (χ2n) is 4.25. The highest BCUT2D eigenvalue weighted by atomic mass is 32.2. The van der Waals surface area contributed by atoms with Crippen molar-refractivity contribution >= 4 is 17.6 Å². The van der Waals surface area contributed by atoms with Crippen molar-refractivity contribution in [2.24, 2.45) is 0 Å². The summed E-state index contributed by atoms with van der Waals surface area (Å²) in [6, 6.07) is 1.95. The molecule has 0 saturated heterocycles. The van der Waals surface area contributed by atoms with E-state index in [1.807, 2.05) is 17.8 Å². The molecule has 1 saturated carbocycles. The van der Waals surface area contributed by atoms with Crippen molar-refractivity contribution < 1.29 is 0 Å². The van der Waals surface area contributed by atoms with Gasteiger partial charge in [-0.05, 0) is 18.6 Å². The molecule has 88 valence electrons. The minimum Gasteiger partial charge on any atom is -0.384 e. The Labute approximate surface area is 101 Å². The third kappa shape index (κ3) is 2.88. The molecule has 0 amide bonds. The maximum Gasteiger partial charge on any atom is 0.140 e. The molecular formula is C12H19N3S. The molecule has 2 N–H and O–H groups in total. The van der Waals surface area contributed by atoms with Crippen LogP contribution in [0.4, 0.5) is 5.82 Å². The van der Waals surface area contributed by atoms with Crippen LogP contribution in [0.25, 0.3) is 0 Å². The Balaban J connectivity index is 2.14. The number of aromatic nitrogens is 2. The van der Waals surface area contributed by atoms with E-state index in [4.69, 9.17) is 5.73 Å². The maximum atomic E-state index is 5.84. The molecule has 1 aromatic rings. The molecule has 1 aliphatic carbocycles. The van der Waals surface area contributed by atoms with Crippen LogP contribution in [0.1, 0.15) is 50.0 Å². The van der Waals surface area contributed by atoms with E-state index in [1.165, 1.54) is 25.7 Å². The fourth-order valence-electron chi connectivity index (χ4n) is 2.23. The molecule has 0 spiro atoms. The second-order valence-corrected chi connectivity index (χ2v) is 5.53. The number of rotatable bonds is 4. The fourth-order valence-corrected chi connectivity index (χ4v) is 2.74. The number of nitrogen functional groups attached to an aromatic ring is 1. The van der Waals surface area contributed by atoms with E-state index in [0.29, 0.717) is 11.7 Å². The molecule has 0 aromatic carbocycles. The number of thioether (sulfide) groups is 1. The zero-order chi connectivity index (χ0) is 11.4. The number of hydrogen-bond acceptors (Lipinski definition) is 4. The SMILES string of the molecule is CCSCc1nc(N)cc(C2CCCC2)n1. The minimum atomic E-state index is 0.621. The third-order valence-corrected chi connectivity index (χ3v) is 3.89. The molecule has 16 heavy (non-hydrogen) atoms. The van der Waals surface area contributed by atoms with Crippen molar-refractivity contribution in [3.8, 4) is 0 Å². The van der Waals surface area contributed by atoms with Crippen LogP contribution in [0.5, 0.6) is 0 Å². The molecule has 0 bridgehead atoms. The van der Waals surface area contributed by atoms with E-state index >= 15 is 0 Å². The van der Waals surface area contributed by atoms with Gasteiger partial charge in [0.1, 0.15) is 11.6 Å². The first-order chi connectivity index (χ1) is 7.79. The second kappa shape index (κ2) is 5.53. The Kier molecular flexibility index (Phi) is 4.04. The summed E-state index contributed by atoms with van der Waals surface area (Å²) < 4.78 is 0. The van der Waals surface area contributed by atoms with Crippen LogP contribution in [-0.4, -0.2) is 15.7 Å². The van der Waals surface area contributed by atoms with Crippen LogP contribution in [0.2, 0.25) is 0 Å². The van der Waals surface area contributed by atoms with Gasteiger partial charge in [0.05, 0.1) is 5.75 Å². The number of nitrogens with zero attached hydrogens (tertiary/aromatic N) is 2. The van der Waals surface area contributed by atoms with E-state index in [-0.39, 0.29) is 0 Å². The van der Waals surface area contributed by atoms with Gasteiger partial charge in [-0.1, -0.05) is 19.8 Å². The summed E-state index contributed by atoms with van der Waals surface area (Å²) in [5.41, 5.74) is 7.00. The lowest BCUT2D eigenvalue weighted by atomic mass is 10.0. The normalized spacial score (nSPS) is 16.8. The largest absolute Gasteiger partial charge is 0.384 e. The quantitative estimate of drug-likeness (QED) is 0.874. The highest BCUT2D eigenvalue weighted by Gasteiger charge is 2.19. The summed E-state index contributed by atoms with van der Waals surface area (Å²) in [5.74, 6) is 4.12. The van der Waals surface area contributed by atoms with Crippen LogP contribution in [0.15, 0.2) is 6.07 Å². The first kappa shape index (κ1) is 11.7. The average molecular weight is 237 g/mol. The van der Waals surface area contributed by atoms with Gasteiger partial charge in [0.2, 0.25) is 0 Å². The van der Waals surface area contributed by atoms with Crippen LogP contribution < -0.4 is 5.73 Å². The van der Waals surface area contributed by atoms with Crippen molar-refractivity contribution in [1.82, 2.24) is 9.97 Å². The molecule has 1 aliphatic rings. The Hall–Kier alpha value is -0.770. The van der Waals surface area contributed by atoms with Gasteiger partial charge in [-0.2, -0.15) is 11.8 Å². The van der Waals surface area contributed by atoms with Gasteiger partial charge in [0.15, 0.2) is 0 Å². The highest BCUT2D eigenvalue weighted by molar-refractivity contribution is 7.98. The number of hydrogen-bond donors (Lipinski definition) is 1. The molecule has 4 heteroatoms. The summed E-state index contributed by atoms with van der Waals surface area (Å²) in [6.45, 7) is 2.15. The van der Waals surface area contributed by atoms with Crippen LogP contribution in [0, 0.1) is 0 Å². The predicted molar refractivity (Wildman–Crippen MR) is 69.5 cm³/mol. The maximum absolute atomic E-state index is 5.84. The highest BCUT2D eigenvalue weighted by Crippen LogP contribution is 2.33. The molecule has 0 unspecified atom stereocenters. The monoisotopic (exact) mass is 237 g/mol. The first-order valence-corrected chi connectivity index (χ1v) is 7.16. The Morgan fingerprint density at radius 1 is 1.38 bits per heavy atom. The van der Waals surface area contributed by atoms with E-state index in [0.717, 1.165) is 23.0 Å². The summed E-state index contributed by atoms with van der Waals surface area (Å²) in [6.07, 6.45) is 5.18. The number of nitrogens with two attached hydrogens (primary N) is 1. The van der Waals surface area contributed by atoms with E-state index in [1.54, 1.807) is 0 Å². The average Bonchev–Trinajstić information content (AvgIpc) is 2.79. The van der Waals surface area contributed by atoms with Gasteiger partial charge in [-0.3, -0.25) is 0 Å². The Morgan fingerprint density at radius 3 is 2.81 bits per heavy atom.